The highest BCUT2D eigenvalue weighted by molar-refractivity contribution is 5.90. The molecule has 23 heavy (non-hydrogen) atoms. The Morgan fingerprint density at radius 1 is 1.35 bits per heavy atom. The van der Waals surface area contributed by atoms with Gasteiger partial charge in [0, 0.05) is 12.3 Å². The number of aryl methyl sites for hydroxylation is 1. The van der Waals surface area contributed by atoms with Crippen molar-refractivity contribution in [3.63, 3.8) is 0 Å². The van der Waals surface area contributed by atoms with E-state index in [2.05, 4.69) is 10.4 Å². The number of amides is 1. The van der Waals surface area contributed by atoms with Crippen molar-refractivity contribution in [2.45, 2.75) is 13.5 Å². The SMILES string of the molecule is COc1ccc(OCC(=O)Nc2ccn(CC(=O)O)n2)cc1C. The first-order valence-corrected chi connectivity index (χ1v) is 6.80. The van der Waals surface area contributed by atoms with Crippen LogP contribution in [0.1, 0.15) is 5.56 Å². The van der Waals surface area contributed by atoms with Crippen LogP contribution in [0.3, 0.4) is 0 Å². The molecule has 8 heteroatoms. The molecule has 1 aromatic heterocycles. The zero-order valence-corrected chi connectivity index (χ0v) is 12.8. The van der Waals surface area contributed by atoms with Crippen molar-refractivity contribution in [2.75, 3.05) is 19.0 Å². The summed E-state index contributed by atoms with van der Waals surface area (Å²) < 4.78 is 11.8. The second-order valence-electron chi connectivity index (χ2n) is 4.76. The van der Waals surface area contributed by atoms with E-state index in [1.807, 2.05) is 6.92 Å². The molecule has 0 aliphatic carbocycles. The van der Waals surface area contributed by atoms with Crippen molar-refractivity contribution in [1.82, 2.24) is 9.78 Å². The van der Waals surface area contributed by atoms with Gasteiger partial charge in [0.25, 0.3) is 5.91 Å². The molecule has 1 amide bonds. The van der Waals surface area contributed by atoms with Crippen LogP contribution in [0.25, 0.3) is 0 Å². The van der Waals surface area contributed by atoms with Crippen molar-refractivity contribution in [3.8, 4) is 11.5 Å². The summed E-state index contributed by atoms with van der Waals surface area (Å²) in [5.74, 6) is 0.162. The molecule has 0 radical (unpaired) electrons. The Kier molecular flexibility index (Phi) is 5.19. The summed E-state index contributed by atoms with van der Waals surface area (Å²) in [5.41, 5.74) is 0.901. The van der Waals surface area contributed by atoms with Crippen LogP contribution in [0.15, 0.2) is 30.5 Å². The highest BCUT2D eigenvalue weighted by atomic mass is 16.5. The molecule has 0 saturated carbocycles. The van der Waals surface area contributed by atoms with Crippen LogP contribution in [0.4, 0.5) is 5.82 Å². The number of rotatable bonds is 7. The lowest BCUT2D eigenvalue weighted by molar-refractivity contribution is -0.137. The van der Waals surface area contributed by atoms with Crippen LogP contribution in [0, 0.1) is 6.92 Å². The molecule has 0 spiro atoms. The molecule has 8 nitrogen and oxygen atoms in total. The summed E-state index contributed by atoms with van der Waals surface area (Å²) in [4.78, 5) is 22.4. The molecule has 0 unspecified atom stereocenters. The van der Waals surface area contributed by atoms with Gasteiger partial charge in [0.05, 0.1) is 7.11 Å². The van der Waals surface area contributed by atoms with Crippen molar-refractivity contribution in [1.29, 1.82) is 0 Å². The van der Waals surface area contributed by atoms with E-state index < -0.39 is 5.97 Å². The summed E-state index contributed by atoms with van der Waals surface area (Å²) in [6.07, 6.45) is 1.47. The molecular formula is C15H17N3O5. The average Bonchev–Trinajstić information content (AvgIpc) is 2.91. The molecule has 0 atom stereocenters. The maximum atomic E-state index is 11.8. The van der Waals surface area contributed by atoms with Gasteiger partial charge in [0.2, 0.25) is 0 Å². The molecule has 0 saturated heterocycles. The number of hydrogen-bond acceptors (Lipinski definition) is 5. The molecule has 122 valence electrons. The van der Waals surface area contributed by atoms with Gasteiger partial charge in [-0.25, -0.2) is 0 Å². The van der Waals surface area contributed by atoms with Gasteiger partial charge in [0.1, 0.15) is 18.0 Å². The zero-order chi connectivity index (χ0) is 16.8. The maximum absolute atomic E-state index is 11.8. The van der Waals surface area contributed by atoms with Gasteiger partial charge >= 0.3 is 5.97 Å². The van der Waals surface area contributed by atoms with Gasteiger partial charge < -0.3 is 19.9 Å². The molecule has 1 heterocycles. The van der Waals surface area contributed by atoms with E-state index in [9.17, 15) is 9.59 Å². The molecule has 0 bridgehead atoms. The van der Waals surface area contributed by atoms with E-state index in [0.717, 1.165) is 11.3 Å². The fourth-order valence-electron chi connectivity index (χ4n) is 1.92. The van der Waals surface area contributed by atoms with Gasteiger partial charge in [-0.2, -0.15) is 5.10 Å². The van der Waals surface area contributed by atoms with Gasteiger partial charge in [0.15, 0.2) is 12.4 Å². The van der Waals surface area contributed by atoms with Crippen molar-refractivity contribution >= 4 is 17.7 Å². The van der Waals surface area contributed by atoms with E-state index in [-0.39, 0.29) is 24.9 Å². The first kappa shape index (κ1) is 16.3. The number of nitrogens with zero attached hydrogens (tertiary/aromatic N) is 2. The summed E-state index contributed by atoms with van der Waals surface area (Å²) in [5, 5.41) is 15.1. The topological polar surface area (TPSA) is 103 Å². The molecule has 2 N–H and O–H groups in total. The number of benzene rings is 1. The van der Waals surface area contributed by atoms with Crippen molar-refractivity contribution in [3.05, 3.63) is 36.0 Å². The lowest BCUT2D eigenvalue weighted by Crippen LogP contribution is -2.20. The fraction of sp³-hybridized carbons (Fsp3) is 0.267. The fourth-order valence-corrected chi connectivity index (χ4v) is 1.92. The minimum atomic E-state index is -1.01. The quantitative estimate of drug-likeness (QED) is 0.797. The van der Waals surface area contributed by atoms with Crippen molar-refractivity contribution < 1.29 is 24.2 Å². The number of anilines is 1. The number of carbonyl (C=O) groups is 2. The Morgan fingerprint density at radius 2 is 2.13 bits per heavy atom. The Balaban J connectivity index is 1.86. The third kappa shape index (κ3) is 4.73. The second-order valence-corrected chi connectivity index (χ2v) is 4.76. The second kappa shape index (κ2) is 7.30. The number of carboxylic acid groups (broad SMARTS) is 1. The third-order valence-electron chi connectivity index (χ3n) is 2.94. The normalized spacial score (nSPS) is 10.2. The van der Waals surface area contributed by atoms with Crippen LogP contribution in [0.2, 0.25) is 0 Å². The summed E-state index contributed by atoms with van der Waals surface area (Å²) in [7, 11) is 1.58. The van der Waals surface area contributed by atoms with Crippen LogP contribution in [-0.4, -0.2) is 40.5 Å². The van der Waals surface area contributed by atoms with Gasteiger partial charge in [-0.15, -0.1) is 0 Å². The average molecular weight is 319 g/mol. The number of carbonyl (C=O) groups excluding carboxylic acids is 1. The molecule has 2 aromatic rings. The van der Waals surface area contributed by atoms with E-state index in [4.69, 9.17) is 14.6 Å². The van der Waals surface area contributed by atoms with E-state index >= 15 is 0 Å². The van der Waals surface area contributed by atoms with E-state index in [1.165, 1.54) is 16.9 Å². The Morgan fingerprint density at radius 3 is 2.78 bits per heavy atom. The van der Waals surface area contributed by atoms with E-state index in [0.29, 0.717) is 5.75 Å². The third-order valence-corrected chi connectivity index (χ3v) is 2.94. The predicted molar refractivity (Wildman–Crippen MR) is 81.7 cm³/mol. The molecule has 0 fully saturated rings. The molecule has 1 aromatic carbocycles. The first-order valence-electron chi connectivity index (χ1n) is 6.80. The van der Waals surface area contributed by atoms with Crippen LogP contribution in [0.5, 0.6) is 11.5 Å². The Labute approximate surface area is 132 Å². The zero-order valence-electron chi connectivity index (χ0n) is 12.8. The highest BCUT2D eigenvalue weighted by Gasteiger charge is 2.08. The lowest BCUT2D eigenvalue weighted by atomic mass is 10.2. The standard InChI is InChI=1S/C15H17N3O5/c1-10-7-11(3-4-12(10)22-2)23-9-14(19)16-13-5-6-18(17-13)8-15(20)21/h3-7H,8-9H2,1-2H3,(H,20,21)(H,16,17,19). The maximum Gasteiger partial charge on any atom is 0.325 e. The molecule has 0 aliphatic heterocycles. The minimum Gasteiger partial charge on any atom is -0.496 e. The highest BCUT2D eigenvalue weighted by Crippen LogP contribution is 2.22. The van der Waals surface area contributed by atoms with Crippen molar-refractivity contribution in [2.24, 2.45) is 0 Å². The Bertz CT molecular complexity index is 711. The largest absolute Gasteiger partial charge is 0.496 e. The van der Waals surface area contributed by atoms with Crippen LogP contribution >= 0.6 is 0 Å². The molecule has 2 rings (SSSR count). The Hall–Kier alpha value is -3.03. The first-order chi connectivity index (χ1) is 11.0. The smallest absolute Gasteiger partial charge is 0.325 e. The number of nitrogens with one attached hydrogen (secondary N) is 1. The number of hydrogen-bond donors (Lipinski definition) is 2. The van der Waals surface area contributed by atoms with Gasteiger partial charge in [-0.3, -0.25) is 14.3 Å². The van der Waals surface area contributed by atoms with Gasteiger partial charge in [-0.05, 0) is 30.7 Å². The number of methoxy groups -OCH3 is 1. The predicted octanol–water partition coefficient (Wildman–Crippen LogP) is 1.30. The molecular weight excluding hydrogens is 302 g/mol. The summed E-state index contributed by atoms with van der Waals surface area (Å²) >= 11 is 0. The summed E-state index contributed by atoms with van der Waals surface area (Å²) in [6.45, 7) is 1.43. The monoisotopic (exact) mass is 319 g/mol. The lowest BCUT2D eigenvalue weighted by Gasteiger charge is -2.09. The minimum absolute atomic E-state index is 0.183. The number of ether oxygens (including phenoxy) is 2. The van der Waals surface area contributed by atoms with E-state index in [1.54, 1.807) is 25.3 Å². The number of carboxylic acids is 1. The van der Waals surface area contributed by atoms with Gasteiger partial charge in [-0.1, -0.05) is 0 Å². The van der Waals surface area contributed by atoms with Crippen LogP contribution in [-0.2, 0) is 16.1 Å². The molecule has 0 aliphatic rings. The number of aromatic nitrogens is 2. The summed E-state index contributed by atoms with van der Waals surface area (Å²) in [6, 6.07) is 6.75. The number of aliphatic carboxylic acids is 1. The van der Waals surface area contributed by atoms with Crippen LogP contribution < -0.4 is 14.8 Å².